The number of nitrogens with two attached hydrogens (primary N) is 1. The predicted octanol–water partition coefficient (Wildman–Crippen LogP) is -0.210. The summed E-state index contributed by atoms with van der Waals surface area (Å²) in [6, 6.07) is 5.24. The van der Waals surface area contributed by atoms with Gasteiger partial charge < -0.3 is 21.5 Å². The molecule has 1 aromatic carbocycles. The number of urea groups is 1. The minimum atomic E-state index is -0.626. The lowest BCUT2D eigenvalue weighted by atomic mass is 10.2. The smallest absolute Gasteiger partial charge is 0.312 e. The van der Waals surface area contributed by atoms with E-state index in [4.69, 9.17) is 10.8 Å². The molecule has 6 heteroatoms. The SMILES string of the molecule is NC(=O)NCCNC(=O)c1ccc(O)cc1. The molecule has 0 saturated heterocycles. The first-order chi connectivity index (χ1) is 7.59. The summed E-state index contributed by atoms with van der Waals surface area (Å²) in [7, 11) is 0. The van der Waals surface area contributed by atoms with Crippen molar-refractivity contribution in [2.75, 3.05) is 13.1 Å². The maximum Gasteiger partial charge on any atom is 0.312 e. The Balaban J connectivity index is 2.35. The zero-order chi connectivity index (χ0) is 12.0. The minimum absolute atomic E-state index is 0.104. The Kier molecular flexibility index (Phi) is 4.14. The number of hydrogen-bond donors (Lipinski definition) is 4. The van der Waals surface area contributed by atoms with Crippen molar-refractivity contribution in [3.05, 3.63) is 29.8 Å². The van der Waals surface area contributed by atoms with Gasteiger partial charge in [0.25, 0.3) is 5.91 Å². The van der Waals surface area contributed by atoms with Crippen molar-refractivity contribution in [2.24, 2.45) is 5.73 Å². The van der Waals surface area contributed by atoms with E-state index in [0.717, 1.165) is 0 Å². The molecule has 3 amide bonds. The Morgan fingerprint density at radius 2 is 1.69 bits per heavy atom. The van der Waals surface area contributed by atoms with Crippen LogP contribution in [-0.2, 0) is 0 Å². The van der Waals surface area contributed by atoms with Gasteiger partial charge >= 0.3 is 6.03 Å². The summed E-state index contributed by atoms with van der Waals surface area (Å²) in [5, 5.41) is 13.9. The van der Waals surface area contributed by atoms with Crippen LogP contribution in [0.2, 0.25) is 0 Å². The van der Waals surface area contributed by atoms with E-state index in [1.54, 1.807) is 0 Å². The number of nitrogens with one attached hydrogen (secondary N) is 2. The lowest BCUT2D eigenvalue weighted by Crippen LogP contribution is -2.37. The number of hydrogen-bond acceptors (Lipinski definition) is 3. The largest absolute Gasteiger partial charge is 0.508 e. The fourth-order valence-corrected chi connectivity index (χ4v) is 1.08. The number of primary amides is 1. The van der Waals surface area contributed by atoms with Crippen LogP contribution < -0.4 is 16.4 Å². The maximum absolute atomic E-state index is 11.5. The van der Waals surface area contributed by atoms with Crippen LogP contribution in [0.3, 0.4) is 0 Å². The molecule has 0 heterocycles. The number of phenolic OH excluding ortho intramolecular Hbond substituents is 1. The summed E-state index contributed by atoms with van der Waals surface area (Å²) in [4.78, 5) is 21.8. The summed E-state index contributed by atoms with van der Waals surface area (Å²) in [5.41, 5.74) is 5.29. The average molecular weight is 223 g/mol. The van der Waals surface area contributed by atoms with Gasteiger partial charge in [-0.1, -0.05) is 0 Å². The molecular formula is C10H13N3O3. The monoisotopic (exact) mass is 223 g/mol. The number of phenols is 1. The summed E-state index contributed by atoms with van der Waals surface area (Å²) < 4.78 is 0. The van der Waals surface area contributed by atoms with E-state index < -0.39 is 6.03 Å². The van der Waals surface area contributed by atoms with Crippen LogP contribution in [0.1, 0.15) is 10.4 Å². The Labute approximate surface area is 92.4 Å². The Bertz CT molecular complexity index is 375. The number of carbonyl (C=O) groups is 2. The number of benzene rings is 1. The molecule has 0 aliphatic carbocycles. The van der Waals surface area contributed by atoms with Gasteiger partial charge in [0.1, 0.15) is 5.75 Å². The van der Waals surface area contributed by atoms with Crippen molar-refractivity contribution in [2.45, 2.75) is 0 Å². The second kappa shape index (κ2) is 5.59. The molecule has 0 bridgehead atoms. The third-order valence-corrected chi connectivity index (χ3v) is 1.84. The van der Waals surface area contributed by atoms with Crippen LogP contribution in [0.25, 0.3) is 0 Å². The summed E-state index contributed by atoms with van der Waals surface area (Å²) in [6.45, 7) is 0.571. The maximum atomic E-state index is 11.5. The molecule has 0 unspecified atom stereocenters. The number of carbonyl (C=O) groups excluding carboxylic acids is 2. The summed E-state index contributed by atoms with van der Waals surface area (Å²) in [6.07, 6.45) is 0. The van der Waals surface area contributed by atoms with Gasteiger partial charge in [-0.2, -0.15) is 0 Å². The van der Waals surface area contributed by atoms with E-state index >= 15 is 0 Å². The highest BCUT2D eigenvalue weighted by molar-refractivity contribution is 5.94. The van der Waals surface area contributed by atoms with Crippen molar-refractivity contribution < 1.29 is 14.7 Å². The molecule has 0 spiro atoms. The first-order valence-corrected chi connectivity index (χ1v) is 4.70. The highest BCUT2D eigenvalue weighted by Crippen LogP contribution is 2.08. The van der Waals surface area contributed by atoms with Gasteiger partial charge in [-0.3, -0.25) is 4.79 Å². The van der Waals surface area contributed by atoms with E-state index in [0.29, 0.717) is 12.1 Å². The Hall–Kier alpha value is -2.24. The van der Waals surface area contributed by atoms with E-state index in [2.05, 4.69) is 10.6 Å². The molecule has 0 aromatic heterocycles. The lowest BCUT2D eigenvalue weighted by Gasteiger charge is -2.05. The molecule has 0 radical (unpaired) electrons. The van der Waals surface area contributed by atoms with Gasteiger partial charge in [0.05, 0.1) is 0 Å². The van der Waals surface area contributed by atoms with Crippen molar-refractivity contribution in [3.63, 3.8) is 0 Å². The van der Waals surface area contributed by atoms with Gasteiger partial charge in [0, 0.05) is 18.7 Å². The first kappa shape index (κ1) is 11.8. The van der Waals surface area contributed by atoms with Gasteiger partial charge in [0.15, 0.2) is 0 Å². The van der Waals surface area contributed by atoms with Crippen molar-refractivity contribution >= 4 is 11.9 Å². The van der Waals surface area contributed by atoms with E-state index in [1.807, 2.05) is 0 Å². The van der Waals surface area contributed by atoms with Crippen LogP contribution in [0, 0.1) is 0 Å². The minimum Gasteiger partial charge on any atom is -0.508 e. The van der Waals surface area contributed by atoms with Gasteiger partial charge in [-0.25, -0.2) is 4.79 Å². The molecule has 1 aromatic rings. The zero-order valence-electron chi connectivity index (χ0n) is 8.56. The lowest BCUT2D eigenvalue weighted by molar-refractivity contribution is 0.0954. The molecule has 5 N–H and O–H groups in total. The highest BCUT2D eigenvalue weighted by Gasteiger charge is 2.03. The standard InChI is InChI=1S/C10H13N3O3/c11-10(16)13-6-5-12-9(15)7-1-3-8(14)4-2-7/h1-4,14H,5-6H2,(H,12,15)(H3,11,13,16). The van der Waals surface area contributed by atoms with E-state index in [-0.39, 0.29) is 18.2 Å². The van der Waals surface area contributed by atoms with Crippen molar-refractivity contribution in [3.8, 4) is 5.75 Å². The van der Waals surface area contributed by atoms with Crippen LogP contribution in [0.5, 0.6) is 5.75 Å². The molecule has 0 aliphatic heterocycles. The molecule has 0 aliphatic rings. The molecule has 1 rings (SSSR count). The van der Waals surface area contributed by atoms with E-state index in [1.165, 1.54) is 24.3 Å². The van der Waals surface area contributed by atoms with Crippen molar-refractivity contribution in [1.82, 2.24) is 10.6 Å². The summed E-state index contributed by atoms with van der Waals surface area (Å²) in [5.74, 6) is -0.168. The Morgan fingerprint density at radius 1 is 1.12 bits per heavy atom. The second-order valence-corrected chi connectivity index (χ2v) is 3.09. The Morgan fingerprint density at radius 3 is 2.25 bits per heavy atom. The van der Waals surface area contributed by atoms with Crippen LogP contribution in [0.4, 0.5) is 4.79 Å². The quantitative estimate of drug-likeness (QED) is 0.531. The fourth-order valence-electron chi connectivity index (χ4n) is 1.08. The number of aromatic hydroxyl groups is 1. The van der Waals surface area contributed by atoms with Crippen LogP contribution in [0.15, 0.2) is 24.3 Å². The fraction of sp³-hybridized carbons (Fsp3) is 0.200. The van der Waals surface area contributed by atoms with E-state index in [9.17, 15) is 9.59 Å². The number of rotatable bonds is 4. The molecule has 6 nitrogen and oxygen atoms in total. The normalized spacial score (nSPS) is 9.50. The first-order valence-electron chi connectivity index (χ1n) is 4.70. The third kappa shape index (κ3) is 3.87. The molecular weight excluding hydrogens is 210 g/mol. The predicted molar refractivity (Wildman–Crippen MR) is 58.0 cm³/mol. The van der Waals surface area contributed by atoms with Gasteiger partial charge in [-0.05, 0) is 24.3 Å². The molecule has 86 valence electrons. The second-order valence-electron chi connectivity index (χ2n) is 3.09. The molecule has 0 fully saturated rings. The third-order valence-electron chi connectivity index (χ3n) is 1.84. The zero-order valence-corrected chi connectivity index (χ0v) is 8.56. The molecule has 0 saturated carbocycles. The average Bonchev–Trinajstić information content (AvgIpc) is 2.25. The van der Waals surface area contributed by atoms with Crippen LogP contribution >= 0.6 is 0 Å². The summed E-state index contributed by atoms with van der Waals surface area (Å²) >= 11 is 0. The van der Waals surface area contributed by atoms with Crippen LogP contribution in [-0.4, -0.2) is 30.1 Å². The topological polar surface area (TPSA) is 104 Å². The molecule has 0 atom stereocenters. The van der Waals surface area contributed by atoms with Crippen molar-refractivity contribution in [1.29, 1.82) is 0 Å². The van der Waals surface area contributed by atoms with Gasteiger partial charge in [-0.15, -0.1) is 0 Å². The highest BCUT2D eigenvalue weighted by atomic mass is 16.3. The molecule has 16 heavy (non-hydrogen) atoms. The number of amides is 3. The van der Waals surface area contributed by atoms with Gasteiger partial charge in [0.2, 0.25) is 0 Å².